The van der Waals surface area contributed by atoms with Crippen molar-refractivity contribution >= 4 is 0 Å². The molecule has 0 radical (unpaired) electrons. The van der Waals surface area contributed by atoms with Crippen LogP contribution in [0, 0.1) is 0 Å². The summed E-state index contributed by atoms with van der Waals surface area (Å²) in [5.74, 6) is -4.60. The Morgan fingerprint density at radius 2 is 1.65 bits per heavy atom. The SMILES string of the molecule is OC[C@H]1O[C@@](CO)(OC[C@@]2(O)OC[C@@H](O)[C@H](O)[C@@H]2O)[C@@H](O)[C@@H]1O. The Bertz CT molecular complexity index is 408. The van der Waals surface area contributed by atoms with Gasteiger partial charge in [0, 0.05) is 0 Å². The van der Waals surface area contributed by atoms with Gasteiger partial charge in [0.05, 0.1) is 13.2 Å². The van der Waals surface area contributed by atoms with Crippen LogP contribution in [0.3, 0.4) is 0 Å². The Morgan fingerprint density at radius 1 is 1.00 bits per heavy atom. The Morgan fingerprint density at radius 3 is 2.17 bits per heavy atom. The summed E-state index contributed by atoms with van der Waals surface area (Å²) in [7, 11) is 0. The van der Waals surface area contributed by atoms with Gasteiger partial charge in [0.25, 0.3) is 0 Å². The lowest BCUT2D eigenvalue weighted by Gasteiger charge is -2.43. The molecule has 0 spiro atoms. The van der Waals surface area contributed by atoms with Crippen molar-refractivity contribution in [2.45, 2.75) is 48.2 Å². The topological polar surface area (TPSA) is 190 Å². The summed E-state index contributed by atoms with van der Waals surface area (Å²) in [4.78, 5) is 0. The van der Waals surface area contributed by atoms with Crippen LogP contribution in [-0.4, -0.2) is 115 Å². The summed E-state index contributed by atoms with van der Waals surface area (Å²) >= 11 is 0. The minimum Gasteiger partial charge on any atom is -0.394 e. The highest BCUT2D eigenvalue weighted by Crippen LogP contribution is 2.34. The highest BCUT2D eigenvalue weighted by atomic mass is 16.8. The summed E-state index contributed by atoms with van der Waals surface area (Å²) in [6, 6.07) is 0. The molecule has 2 saturated heterocycles. The van der Waals surface area contributed by atoms with E-state index in [2.05, 4.69) is 0 Å². The molecule has 8 N–H and O–H groups in total. The summed E-state index contributed by atoms with van der Waals surface area (Å²) < 4.78 is 15.1. The lowest BCUT2D eigenvalue weighted by Crippen LogP contribution is -2.64. The van der Waals surface area contributed by atoms with E-state index in [0.29, 0.717) is 0 Å². The Hall–Kier alpha value is -0.440. The molecular formula is C12H22O11. The first-order chi connectivity index (χ1) is 10.7. The number of aliphatic hydroxyl groups excluding tert-OH is 7. The van der Waals surface area contributed by atoms with Crippen molar-refractivity contribution in [3.8, 4) is 0 Å². The van der Waals surface area contributed by atoms with Gasteiger partial charge in [0.2, 0.25) is 11.6 Å². The fraction of sp³-hybridized carbons (Fsp3) is 1.00. The molecular weight excluding hydrogens is 320 g/mol. The maximum atomic E-state index is 10.2. The minimum atomic E-state index is -2.44. The molecule has 0 amide bonds. The molecule has 136 valence electrons. The number of hydrogen-bond acceptors (Lipinski definition) is 11. The first-order valence-corrected chi connectivity index (χ1v) is 7.01. The van der Waals surface area contributed by atoms with Gasteiger partial charge in [-0.3, -0.25) is 0 Å². The zero-order valence-corrected chi connectivity index (χ0v) is 12.1. The molecule has 0 aliphatic carbocycles. The van der Waals surface area contributed by atoms with Crippen molar-refractivity contribution in [1.82, 2.24) is 0 Å². The molecule has 0 aromatic rings. The van der Waals surface area contributed by atoms with Crippen LogP contribution in [0.1, 0.15) is 0 Å². The minimum absolute atomic E-state index is 0.491. The van der Waals surface area contributed by atoms with Crippen LogP contribution in [-0.2, 0) is 14.2 Å². The molecule has 11 heteroatoms. The van der Waals surface area contributed by atoms with Crippen molar-refractivity contribution < 1.29 is 55.1 Å². The van der Waals surface area contributed by atoms with Gasteiger partial charge in [0.15, 0.2) is 0 Å². The van der Waals surface area contributed by atoms with Gasteiger partial charge in [0.1, 0.15) is 49.8 Å². The van der Waals surface area contributed by atoms with Gasteiger partial charge in [-0.25, -0.2) is 0 Å². The lowest BCUT2D eigenvalue weighted by atomic mass is 9.97. The van der Waals surface area contributed by atoms with E-state index in [4.69, 9.17) is 19.3 Å². The van der Waals surface area contributed by atoms with Gasteiger partial charge < -0.3 is 55.1 Å². The zero-order valence-electron chi connectivity index (χ0n) is 12.1. The third-order valence-electron chi connectivity index (χ3n) is 4.11. The summed E-state index contributed by atoms with van der Waals surface area (Å²) in [6.07, 6.45) is -9.56. The van der Waals surface area contributed by atoms with Crippen LogP contribution in [0.2, 0.25) is 0 Å². The average molecular weight is 342 g/mol. The van der Waals surface area contributed by atoms with Crippen molar-refractivity contribution in [2.75, 3.05) is 26.4 Å². The molecule has 2 aliphatic rings. The Balaban J connectivity index is 2.09. The van der Waals surface area contributed by atoms with Crippen molar-refractivity contribution in [1.29, 1.82) is 0 Å². The number of hydrogen-bond donors (Lipinski definition) is 8. The van der Waals surface area contributed by atoms with Crippen LogP contribution in [0.4, 0.5) is 0 Å². The summed E-state index contributed by atoms with van der Waals surface area (Å²) in [5, 5.41) is 77.0. The second-order valence-corrected chi connectivity index (χ2v) is 5.69. The van der Waals surface area contributed by atoms with E-state index in [9.17, 15) is 35.7 Å². The van der Waals surface area contributed by atoms with Crippen LogP contribution < -0.4 is 0 Å². The van der Waals surface area contributed by atoms with Crippen LogP contribution in [0.5, 0.6) is 0 Å². The normalized spacial score (nSPS) is 51.1. The molecule has 2 rings (SSSR count). The van der Waals surface area contributed by atoms with E-state index in [1.54, 1.807) is 0 Å². The van der Waals surface area contributed by atoms with Crippen molar-refractivity contribution in [3.63, 3.8) is 0 Å². The fourth-order valence-corrected chi connectivity index (χ4v) is 2.54. The van der Waals surface area contributed by atoms with Gasteiger partial charge in [-0.1, -0.05) is 0 Å². The molecule has 0 aromatic carbocycles. The molecule has 2 fully saturated rings. The molecule has 0 aromatic heterocycles. The number of ether oxygens (including phenoxy) is 3. The molecule has 2 heterocycles. The molecule has 2 aliphatic heterocycles. The van der Waals surface area contributed by atoms with Crippen LogP contribution in [0.25, 0.3) is 0 Å². The van der Waals surface area contributed by atoms with E-state index >= 15 is 0 Å². The molecule has 0 bridgehead atoms. The third-order valence-corrected chi connectivity index (χ3v) is 4.11. The highest BCUT2D eigenvalue weighted by Gasteiger charge is 2.57. The van der Waals surface area contributed by atoms with Crippen LogP contribution in [0.15, 0.2) is 0 Å². The largest absolute Gasteiger partial charge is 0.394 e. The highest BCUT2D eigenvalue weighted by molar-refractivity contribution is 4.98. The number of rotatable bonds is 5. The van der Waals surface area contributed by atoms with Gasteiger partial charge in [-0.2, -0.15) is 0 Å². The Labute approximate surface area is 130 Å². The van der Waals surface area contributed by atoms with Gasteiger partial charge >= 0.3 is 0 Å². The van der Waals surface area contributed by atoms with E-state index in [1.807, 2.05) is 0 Å². The van der Waals surface area contributed by atoms with Gasteiger partial charge in [-0.05, 0) is 0 Å². The maximum absolute atomic E-state index is 10.2. The maximum Gasteiger partial charge on any atom is 0.221 e. The quantitative estimate of drug-likeness (QED) is 0.238. The standard InChI is InChI=1S/C12H22O11/c13-1-6-8(17)10(19)12(3-14,23-6)22-4-11(20)9(18)7(16)5(15)2-21-11/h5-10,13-20H,1-4H2/t5-,6-,7+,8-,9+,10+,11-,12-/m1/s1. The van der Waals surface area contributed by atoms with Crippen molar-refractivity contribution in [2.24, 2.45) is 0 Å². The van der Waals surface area contributed by atoms with Crippen molar-refractivity contribution in [3.05, 3.63) is 0 Å². The third kappa shape index (κ3) is 3.23. The molecule has 8 atom stereocenters. The second kappa shape index (κ2) is 6.82. The lowest BCUT2D eigenvalue weighted by molar-refractivity contribution is -0.366. The van der Waals surface area contributed by atoms with E-state index in [1.165, 1.54) is 0 Å². The number of aliphatic hydroxyl groups is 8. The van der Waals surface area contributed by atoms with E-state index in [-0.39, 0.29) is 0 Å². The molecule has 0 unspecified atom stereocenters. The average Bonchev–Trinajstić information content (AvgIpc) is 2.80. The van der Waals surface area contributed by atoms with Gasteiger partial charge in [-0.15, -0.1) is 0 Å². The second-order valence-electron chi connectivity index (χ2n) is 5.69. The Kier molecular flexibility index (Phi) is 5.60. The molecule has 0 saturated carbocycles. The van der Waals surface area contributed by atoms with E-state index < -0.39 is 74.6 Å². The smallest absolute Gasteiger partial charge is 0.221 e. The summed E-state index contributed by atoms with van der Waals surface area (Å²) in [5.41, 5.74) is 0. The first kappa shape index (κ1) is 18.9. The summed E-state index contributed by atoms with van der Waals surface area (Å²) in [6.45, 7) is -2.94. The monoisotopic (exact) mass is 342 g/mol. The fourth-order valence-electron chi connectivity index (χ4n) is 2.54. The predicted octanol–water partition coefficient (Wildman–Crippen LogP) is -5.39. The molecule has 11 nitrogen and oxygen atoms in total. The molecule has 23 heavy (non-hydrogen) atoms. The first-order valence-electron chi connectivity index (χ1n) is 7.01. The zero-order chi connectivity index (χ0) is 17.4. The van der Waals surface area contributed by atoms with Crippen LogP contribution >= 0.6 is 0 Å². The van der Waals surface area contributed by atoms with E-state index in [0.717, 1.165) is 0 Å². The predicted molar refractivity (Wildman–Crippen MR) is 68.7 cm³/mol.